The first kappa shape index (κ1) is 15.9. The van der Waals surface area contributed by atoms with E-state index in [0.717, 1.165) is 10.6 Å². The van der Waals surface area contributed by atoms with Gasteiger partial charge in [0.05, 0.1) is 25.0 Å². The van der Waals surface area contributed by atoms with Crippen LogP contribution in [0.2, 0.25) is 0 Å². The second-order valence-electron chi connectivity index (χ2n) is 4.58. The largest absolute Gasteiger partial charge is 0.497 e. The fourth-order valence-electron chi connectivity index (χ4n) is 1.43. The molecule has 0 fully saturated rings. The van der Waals surface area contributed by atoms with Gasteiger partial charge in [0.1, 0.15) is 5.75 Å². The van der Waals surface area contributed by atoms with Crippen LogP contribution < -0.4 is 10.1 Å². The van der Waals surface area contributed by atoms with Gasteiger partial charge in [-0.1, -0.05) is 6.92 Å². The Labute approximate surface area is 118 Å². The summed E-state index contributed by atoms with van der Waals surface area (Å²) in [6.45, 7) is 3.72. The SMILES string of the molecule is CCC(C)(CO)NC(=O)CSc1ccc(OC)cc1. The van der Waals surface area contributed by atoms with Crippen molar-refractivity contribution in [2.45, 2.75) is 30.7 Å². The number of benzene rings is 1. The molecule has 19 heavy (non-hydrogen) atoms. The van der Waals surface area contributed by atoms with Crippen molar-refractivity contribution in [3.05, 3.63) is 24.3 Å². The van der Waals surface area contributed by atoms with E-state index in [0.29, 0.717) is 12.2 Å². The third kappa shape index (κ3) is 5.12. The van der Waals surface area contributed by atoms with Gasteiger partial charge in [0.15, 0.2) is 0 Å². The molecule has 0 radical (unpaired) electrons. The molecule has 0 aliphatic heterocycles. The molecule has 0 aliphatic rings. The van der Waals surface area contributed by atoms with Gasteiger partial charge in [0.2, 0.25) is 5.91 Å². The smallest absolute Gasteiger partial charge is 0.230 e. The topological polar surface area (TPSA) is 58.6 Å². The van der Waals surface area contributed by atoms with Crippen molar-refractivity contribution < 1.29 is 14.6 Å². The van der Waals surface area contributed by atoms with E-state index in [1.807, 2.05) is 38.1 Å². The lowest BCUT2D eigenvalue weighted by atomic mass is 10.0. The first-order valence-electron chi connectivity index (χ1n) is 6.21. The Balaban J connectivity index is 2.45. The fourth-order valence-corrected chi connectivity index (χ4v) is 2.13. The highest BCUT2D eigenvalue weighted by Gasteiger charge is 2.22. The molecule has 0 spiro atoms. The molecule has 1 rings (SSSR count). The molecular formula is C14H21NO3S. The number of thioether (sulfide) groups is 1. The maximum atomic E-state index is 11.8. The van der Waals surface area contributed by atoms with Crippen LogP contribution in [0.1, 0.15) is 20.3 Å². The van der Waals surface area contributed by atoms with Crippen LogP contribution in [-0.2, 0) is 4.79 Å². The van der Waals surface area contributed by atoms with Crippen molar-refractivity contribution >= 4 is 17.7 Å². The maximum absolute atomic E-state index is 11.8. The summed E-state index contributed by atoms with van der Waals surface area (Å²) in [5, 5.41) is 12.1. The number of amides is 1. The molecule has 0 heterocycles. The minimum Gasteiger partial charge on any atom is -0.497 e. The molecular weight excluding hydrogens is 262 g/mol. The molecule has 0 aromatic heterocycles. The molecule has 5 heteroatoms. The van der Waals surface area contributed by atoms with Gasteiger partial charge in [-0.2, -0.15) is 0 Å². The van der Waals surface area contributed by atoms with Crippen molar-refractivity contribution in [2.24, 2.45) is 0 Å². The monoisotopic (exact) mass is 283 g/mol. The van der Waals surface area contributed by atoms with Crippen molar-refractivity contribution in [2.75, 3.05) is 19.5 Å². The summed E-state index contributed by atoms with van der Waals surface area (Å²) >= 11 is 1.46. The molecule has 1 aromatic carbocycles. The van der Waals surface area contributed by atoms with E-state index in [1.165, 1.54) is 11.8 Å². The number of ether oxygens (including phenoxy) is 1. The van der Waals surface area contributed by atoms with Gasteiger partial charge in [0, 0.05) is 4.90 Å². The summed E-state index contributed by atoms with van der Waals surface area (Å²) in [6.07, 6.45) is 0.697. The van der Waals surface area contributed by atoms with Crippen LogP contribution in [-0.4, -0.2) is 36.0 Å². The van der Waals surface area contributed by atoms with Gasteiger partial charge in [-0.15, -0.1) is 11.8 Å². The zero-order valence-corrected chi connectivity index (χ0v) is 12.4. The molecule has 0 saturated heterocycles. The van der Waals surface area contributed by atoms with Crippen molar-refractivity contribution in [3.63, 3.8) is 0 Å². The molecule has 1 amide bonds. The molecule has 0 aliphatic carbocycles. The standard InChI is InChI=1S/C14H21NO3S/c1-4-14(2,10-16)15-13(17)9-19-12-7-5-11(18-3)6-8-12/h5-8,16H,4,9-10H2,1-3H3,(H,15,17). The Kier molecular flexibility index (Phi) is 6.18. The average molecular weight is 283 g/mol. The number of rotatable bonds is 7. The predicted molar refractivity (Wildman–Crippen MR) is 77.6 cm³/mol. The number of carbonyl (C=O) groups is 1. The van der Waals surface area contributed by atoms with Gasteiger partial charge in [0.25, 0.3) is 0 Å². The number of methoxy groups -OCH3 is 1. The number of aliphatic hydroxyl groups excluding tert-OH is 1. The fraction of sp³-hybridized carbons (Fsp3) is 0.500. The third-order valence-electron chi connectivity index (χ3n) is 3.00. The van der Waals surface area contributed by atoms with E-state index in [1.54, 1.807) is 7.11 Å². The van der Waals surface area contributed by atoms with Crippen molar-refractivity contribution in [1.29, 1.82) is 0 Å². The predicted octanol–water partition coefficient (Wildman–Crippen LogP) is 2.06. The molecule has 1 unspecified atom stereocenters. The first-order valence-corrected chi connectivity index (χ1v) is 7.20. The average Bonchev–Trinajstić information content (AvgIpc) is 2.45. The van der Waals surface area contributed by atoms with Crippen LogP contribution in [0.5, 0.6) is 5.75 Å². The summed E-state index contributed by atoms with van der Waals surface area (Å²) in [5.74, 6) is 1.06. The minimum atomic E-state index is -0.530. The van der Waals surface area contributed by atoms with Crippen LogP contribution in [0.25, 0.3) is 0 Å². The van der Waals surface area contributed by atoms with Crippen LogP contribution in [0, 0.1) is 0 Å². The highest BCUT2D eigenvalue weighted by atomic mass is 32.2. The Morgan fingerprint density at radius 1 is 1.42 bits per heavy atom. The first-order chi connectivity index (χ1) is 9.03. The van der Waals surface area contributed by atoms with Gasteiger partial charge in [-0.25, -0.2) is 0 Å². The van der Waals surface area contributed by atoms with Gasteiger partial charge < -0.3 is 15.2 Å². The van der Waals surface area contributed by atoms with Crippen molar-refractivity contribution in [3.8, 4) is 5.75 Å². The van der Waals surface area contributed by atoms with E-state index < -0.39 is 5.54 Å². The summed E-state index contributed by atoms with van der Waals surface area (Å²) in [4.78, 5) is 12.8. The molecule has 106 valence electrons. The normalized spacial score (nSPS) is 13.7. The molecule has 1 aromatic rings. The van der Waals surface area contributed by atoms with Gasteiger partial charge in [-0.3, -0.25) is 4.79 Å². The highest BCUT2D eigenvalue weighted by molar-refractivity contribution is 8.00. The lowest BCUT2D eigenvalue weighted by Crippen LogP contribution is -2.49. The Hall–Kier alpha value is -1.20. The van der Waals surface area contributed by atoms with Crippen LogP contribution >= 0.6 is 11.8 Å². The van der Waals surface area contributed by atoms with Gasteiger partial charge >= 0.3 is 0 Å². The lowest BCUT2D eigenvalue weighted by molar-refractivity contribution is -0.120. The van der Waals surface area contributed by atoms with Gasteiger partial charge in [-0.05, 0) is 37.6 Å². The minimum absolute atomic E-state index is 0.0531. The van der Waals surface area contributed by atoms with E-state index in [2.05, 4.69) is 5.32 Å². The zero-order chi connectivity index (χ0) is 14.3. The Morgan fingerprint density at radius 3 is 2.53 bits per heavy atom. The second-order valence-corrected chi connectivity index (χ2v) is 5.63. The molecule has 2 N–H and O–H groups in total. The number of nitrogens with one attached hydrogen (secondary N) is 1. The summed E-state index contributed by atoms with van der Waals surface area (Å²) < 4.78 is 5.07. The van der Waals surface area contributed by atoms with Crippen LogP contribution in [0.15, 0.2) is 29.2 Å². The van der Waals surface area contributed by atoms with E-state index >= 15 is 0 Å². The van der Waals surface area contributed by atoms with E-state index in [4.69, 9.17) is 4.74 Å². The number of hydrogen-bond acceptors (Lipinski definition) is 4. The number of aliphatic hydroxyl groups is 1. The summed E-state index contributed by atoms with van der Waals surface area (Å²) in [7, 11) is 1.62. The third-order valence-corrected chi connectivity index (χ3v) is 4.01. The highest BCUT2D eigenvalue weighted by Crippen LogP contribution is 2.21. The Morgan fingerprint density at radius 2 is 2.05 bits per heavy atom. The summed E-state index contributed by atoms with van der Waals surface area (Å²) in [6, 6.07) is 7.57. The molecule has 0 bridgehead atoms. The number of carbonyl (C=O) groups excluding carboxylic acids is 1. The quantitative estimate of drug-likeness (QED) is 0.752. The second kappa shape index (κ2) is 7.40. The maximum Gasteiger partial charge on any atom is 0.230 e. The zero-order valence-electron chi connectivity index (χ0n) is 11.6. The molecule has 0 saturated carbocycles. The molecule has 1 atom stereocenters. The number of hydrogen-bond donors (Lipinski definition) is 2. The van der Waals surface area contributed by atoms with E-state index in [9.17, 15) is 9.90 Å². The Bertz CT molecular complexity index is 402. The van der Waals surface area contributed by atoms with Crippen LogP contribution in [0.3, 0.4) is 0 Å². The lowest BCUT2D eigenvalue weighted by Gasteiger charge is -2.27. The van der Waals surface area contributed by atoms with Crippen LogP contribution in [0.4, 0.5) is 0 Å². The van der Waals surface area contributed by atoms with E-state index in [-0.39, 0.29) is 12.5 Å². The summed E-state index contributed by atoms with van der Waals surface area (Å²) in [5.41, 5.74) is -0.530. The van der Waals surface area contributed by atoms with Crippen molar-refractivity contribution in [1.82, 2.24) is 5.32 Å². The molecule has 4 nitrogen and oxygen atoms in total.